The van der Waals surface area contributed by atoms with Crippen molar-refractivity contribution in [2.75, 3.05) is 11.5 Å². The summed E-state index contributed by atoms with van der Waals surface area (Å²) < 4.78 is 18.5. The van der Waals surface area contributed by atoms with Gasteiger partial charge in [-0.3, -0.25) is 14.9 Å². The molecule has 4 amide bonds. The van der Waals surface area contributed by atoms with Crippen molar-refractivity contribution in [2.24, 2.45) is 0 Å². The molecule has 9 heteroatoms. The molecule has 1 N–H and O–H groups in total. The minimum atomic E-state index is -0.828. The van der Waals surface area contributed by atoms with Crippen LogP contribution in [0.1, 0.15) is 23.6 Å². The lowest BCUT2D eigenvalue weighted by molar-refractivity contribution is -0.122. The number of imide groups is 2. The van der Waals surface area contributed by atoms with E-state index in [9.17, 15) is 14.4 Å². The second-order valence-corrected chi connectivity index (χ2v) is 10.1. The maximum absolute atomic E-state index is 13.4. The Kier molecular flexibility index (Phi) is 8.99. The van der Waals surface area contributed by atoms with Crippen LogP contribution < -0.4 is 24.4 Å². The molecule has 0 atom stereocenters. The first-order valence-electron chi connectivity index (χ1n) is 13.2. The fraction of sp³-hybridized carbons (Fsp3) is 0.121. The van der Waals surface area contributed by atoms with Gasteiger partial charge in [0.25, 0.3) is 11.8 Å². The quantitative estimate of drug-likeness (QED) is 0.156. The molecule has 0 saturated carbocycles. The second kappa shape index (κ2) is 13.2. The van der Waals surface area contributed by atoms with Crippen molar-refractivity contribution in [1.29, 1.82) is 0 Å². The highest BCUT2D eigenvalue weighted by Crippen LogP contribution is 2.32. The van der Waals surface area contributed by atoms with Crippen molar-refractivity contribution >= 4 is 45.5 Å². The zero-order chi connectivity index (χ0) is 29.5. The molecule has 42 heavy (non-hydrogen) atoms. The molecule has 4 aromatic rings. The molecule has 1 aliphatic rings. The monoisotopic (exact) mass is 626 g/mol. The molecule has 5 rings (SSSR count). The van der Waals surface area contributed by atoms with Crippen molar-refractivity contribution in [1.82, 2.24) is 5.32 Å². The third kappa shape index (κ3) is 6.70. The van der Waals surface area contributed by atoms with Crippen LogP contribution in [0.5, 0.6) is 17.2 Å². The van der Waals surface area contributed by atoms with Gasteiger partial charge in [0.15, 0.2) is 11.5 Å². The number of hydrogen-bond acceptors (Lipinski definition) is 6. The van der Waals surface area contributed by atoms with Crippen LogP contribution in [0.15, 0.2) is 107 Å². The second-order valence-electron chi connectivity index (χ2n) is 9.25. The number of carbonyl (C=O) groups is 3. The van der Waals surface area contributed by atoms with Gasteiger partial charge in [0.05, 0.1) is 12.3 Å². The number of carbonyl (C=O) groups excluding carboxylic acids is 3. The highest BCUT2D eigenvalue weighted by Gasteiger charge is 2.36. The fourth-order valence-corrected chi connectivity index (χ4v) is 4.66. The highest BCUT2D eigenvalue weighted by molar-refractivity contribution is 9.10. The first-order chi connectivity index (χ1) is 20.4. The van der Waals surface area contributed by atoms with Crippen LogP contribution in [0.2, 0.25) is 0 Å². The molecule has 0 radical (unpaired) electrons. The molecule has 0 unspecified atom stereocenters. The van der Waals surface area contributed by atoms with Gasteiger partial charge in [0.1, 0.15) is 24.5 Å². The van der Waals surface area contributed by atoms with E-state index in [2.05, 4.69) is 21.2 Å². The summed E-state index contributed by atoms with van der Waals surface area (Å²) in [5.41, 5.74) is 2.62. The molecular formula is C33H27BrN2O6. The Morgan fingerprint density at radius 1 is 0.786 bits per heavy atom. The lowest BCUT2D eigenvalue weighted by Gasteiger charge is -2.26. The normalized spacial score (nSPS) is 14.1. The predicted molar refractivity (Wildman–Crippen MR) is 162 cm³/mol. The lowest BCUT2D eigenvalue weighted by Crippen LogP contribution is -2.54. The molecule has 8 nitrogen and oxygen atoms in total. The van der Waals surface area contributed by atoms with Crippen LogP contribution in [-0.4, -0.2) is 24.5 Å². The van der Waals surface area contributed by atoms with E-state index in [-0.39, 0.29) is 5.57 Å². The Morgan fingerprint density at radius 2 is 1.52 bits per heavy atom. The number of rotatable bonds is 10. The van der Waals surface area contributed by atoms with Crippen molar-refractivity contribution in [3.63, 3.8) is 0 Å². The van der Waals surface area contributed by atoms with Gasteiger partial charge in [-0.2, -0.15) is 0 Å². The molecule has 0 aliphatic carbocycles. The summed E-state index contributed by atoms with van der Waals surface area (Å²) in [5.74, 6) is 0.0250. The molecule has 212 valence electrons. The third-order valence-corrected chi connectivity index (χ3v) is 7.14. The van der Waals surface area contributed by atoms with E-state index in [1.54, 1.807) is 42.5 Å². The van der Waals surface area contributed by atoms with Gasteiger partial charge in [-0.15, -0.1) is 0 Å². The topological polar surface area (TPSA) is 94.2 Å². The number of barbiturate groups is 1. The Bertz CT molecular complexity index is 1640. The molecule has 1 fully saturated rings. The van der Waals surface area contributed by atoms with E-state index in [1.165, 1.54) is 6.08 Å². The average molecular weight is 627 g/mol. The van der Waals surface area contributed by atoms with Crippen LogP contribution in [0.25, 0.3) is 6.08 Å². The van der Waals surface area contributed by atoms with E-state index in [0.717, 1.165) is 20.5 Å². The van der Waals surface area contributed by atoms with Gasteiger partial charge in [-0.1, -0.05) is 70.5 Å². The molecule has 0 bridgehead atoms. The predicted octanol–water partition coefficient (Wildman–Crippen LogP) is 6.67. The van der Waals surface area contributed by atoms with Crippen molar-refractivity contribution in [3.05, 3.63) is 124 Å². The number of urea groups is 1. The molecule has 4 aromatic carbocycles. The van der Waals surface area contributed by atoms with Crippen LogP contribution in [0, 0.1) is 0 Å². The molecule has 1 heterocycles. The fourth-order valence-electron chi connectivity index (χ4n) is 4.26. The summed E-state index contributed by atoms with van der Waals surface area (Å²) in [6, 6.07) is 28.3. The van der Waals surface area contributed by atoms with Gasteiger partial charge in [0.2, 0.25) is 0 Å². The third-order valence-electron chi connectivity index (χ3n) is 6.36. The standard InChI is InChI=1S/C33H27BrN2O6/c1-2-40-30-19-23(12-17-29(30)42-21-24-10-6-7-11-28(24)34)18-27-31(37)35-33(39)36(32(27)38)25-13-15-26(16-14-25)41-20-22-8-4-3-5-9-22/h3-19H,2,20-21H2,1H3,(H,35,37,39)/b27-18+. The summed E-state index contributed by atoms with van der Waals surface area (Å²) in [7, 11) is 0. The number of nitrogens with zero attached hydrogens (tertiary/aromatic N) is 1. The first kappa shape index (κ1) is 28.6. The smallest absolute Gasteiger partial charge is 0.335 e. The minimum absolute atomic E-state index is 0.191. The van der Waals surface area contributed by atoms with Crippen LogP contribution >= 0.6 is 15.9 Å². The Hall–Kier alpha value is -4.89. The van der Waals surface area contributed by atoms with E-state index in [0.29, 0.717) is 48.3 Å². The molecule has 0 spiro atoms. The zero-order valence-electron chi connectivity index (χ0n) is 22.7. The van der Waals surface area contributed by atoms with Gasteiger partial charge in [-0.05, 0) is 66.6 Å². The number of nitrogens with one attached hydrogen (secondary N) is 1. The SMILES string of the molecule is CCOc1cc(/C=C2\C(=O)NC(=O)N(c3ccc(OCc4ccccc4)cc3)C2=O)ccc1OCc1ccccc1Br. The molecule has 1 saturated heterocycles. The molecular weight excluding hydrogens is 600 g/mol. The van der Waals surface area contributed by atoms with E-state index in [4.69, 9.17) is 14.2 Å². The van der Waals surface area contributed by atoms with Gasteiger partial charge in [-0.25, -0.2) is 9.69 Å². The summed E-state index contributed by atoms with van der Waals surface area (Å²) in [5, 5.41) is 2.25. The summed E-state index contributed by atoms with van der Waals surface area (Å²) in [6.07, 6.45) is 1.43. The van der Waals surface area contributed by atoms with Crippen LogP contribution in [0.3, 0.4) is 0 Å². The first-order valence-corrected chi connectivity index (χ1v) is 14.0. The summed E-state index contributed by atoms with van der Waals surface area (Å²) >= 11 is 3.52. The van der Waals surface area contributed by atoms with Gasteiger partial charge in [0, 0.05) is 10.0 Å². The van der Waals surface area contributed by atoms with Crippen molar-refractivity contribution in [3.8, 4) is 17.2 Å². The number of anilines is 1. The number of benzene rings is 4. The number of amides is 4. The maximum Gasteiger partial charge on any atom is 0.335 e. The van der Waals surface area contributed by atoms with Gasteiger partial charge < -0.3 is 14.2 Å². The number of hydrogen-bond donors (Lipinski definition) is 1. The Morgan fingerprint density at radius 3 is 2.26 bits per heavy atom. The number of halogens is 1. The van der Waals surface area contributed by atoms with E-state index in [1.807, 2.05) is 61.5 Å². The minimum Gasteiger partial charge on any atom is -0.490 e. The van der Waals surface area contributed by atoms with Crippen molar-refractivity contribution in [2.45, 2.75) is 20.1 Å². The highest BCUT2D eigenvalue weighted by atomic mass is 79.9. The summed E-state index contributed by atoms with van der Waals surface area (Å²) in [6.45, 7) is 2.93. The maximum atomic E-state index is 13.4. The van der Waals surface area contributed by atoms with Crippen LogP contribution in [-0.2, 0) is 22.8 Å². The molecule has 0 aromatic heterocycles. The van der Waals surface area contributed by atoms with Crippen LogP contribution in [0.4, 0.5) is 10.5 Å². The Labute approximate surface area is 251 Å². The number of ether oxygens (including phenoxy) is 3. The van der Waals surface area contributed by atoms with E-state index >= 15 is 0 Å². The molecule has 1 aliphatic heterocycles. The summed E-state index contributed by atoms with van der Waals surface area (Å²) in [4.78, 5) is 39.7. The van der Waals surface area contributed by atoms with Gasteiger partial charge >= 0.3 is 6.03 Å². The lowest BCUT2D eigenvalue weighted by atomic mass is 10.1. The zero-order valence-corrected chi connectivity index (χ0v) is 24.3. The van der Waals surface area contributed by atoms with E-state index < -0.39 is 17.8 Å². The largest absolute Gasteiger partial charge is 0.490 e. The average Bonchev–Trinajstić information content (AvgIpc) is 3.00. The Balaban J connectivity index is 1.33. The van der Waals surface area contributed by atoms with Crippen molar-refractivity contribution < 1.29 is 28.6 Å².